The number of fused-ring (bicyclic) bond motifs is 1. The summed E-state index contributed by atoms with van der Waals surface area (Å²) in [6.07, 6.45) is 3.14. The quantitative estimate of drug-likeness (QED) is 0.580. The predicted molar refractivity (Wildman–Crippen MR) is 87.5 cm³/mol. The van der Waals surface area contributed by atoms with Gasteiger partial charge in [0.05, 0.1) is 0 Å². The van der Waals surface area contributed by atoms with Crippen LogP contribution in [0.4, 0.5) is 5.95 Å². The van der Waals surface area contributed by atoms with Gasteiger partial charge in [-0.15, -0.1) is 21.5 Å². The molecule has 4 aromatic heterocycles. The molecule has 1 amide bonds. The van der Waals surface area contributed by atoms with Gasteiger partial charge in [0.15, 0.2) is 5.65 Å². The van der Waals surface area contributed by atoms with E-state index < -0.39 is 0 Å². The lowest BCUT2D eigenvalue weighted by Crippen LogP contribution is -2.19. The predicted octanol–water partition coefficient (Wildman–Crippen LogP) is 0.955. The van der Waals surface area contributed by atoms with E-state index in [9.17, 15) is 4.79 Å². The SMILES string of the molecule is N#Cc1ccc(-c2ccc3nc(NC(=O)Cn4cnnn4)nn3c2)s1. The second-order valence-electron chi connectivity index (χ2n) is 4.99. The molecule has 122 valence electrons. The Balaban J connectivity index is 1.56. The van der Waals surface area contributed by atoms with Gasteiger partial charge in [0, 0.05) is 16.6 Å². The zero-order chi connectivity index (χ0) is 17.2. The first-order valence-corrected chi connectivity index (χ1v) is 7.90. The number of rotatable bonds is 4. The van der Waals surface area contributed by atoms with Crippen LogP contribution in [0.3, 0.4) is 0 Å². The summed E-state index contributed by atoms with van der Waals surface area (Å²) < 4.78 is 2.88. The van der Waals surface area contributed by atoms with Gasteiger partial charge in [0.25, 0.3) is 0 Å². The van der Waals surface area contributed by atoms with Crippen LogP contribution in [0.2, 0.25) is 0 Å². The van der Waals surface area contributed by atoms with E-state index >= 15 is 0 Å². The Bertz CT molecular complexity index is 1090. The highest BCUT2D eigenvalue weighted by molar-refractivity contribution is 7.16. The first-order chi connectivity index (χ1) is 12.2. The van der Waals surface area contributed by atoms with Gasteiger partial charge in [-0.2, -0.15) is 10.2 Å². The average molecular weight is 351 g/mol. The molecule has 0 aromatic carbocycles. The Kier molecular flexibility index (Phi) is 3.64. The second kappa shape index (κ2) is 6.10. The third-order valence-electron chi connectivity index (χ3n) is 3.28. The molecule has 11 heteroatoms. The van der Waals surface area contributed by atoms with Gasteiger partial charge in [-0.25, -0.2) is 9.20 Å². The third kappa shape index (κ3) is 3.06. The lowest BCUT2D eigenvalue weighted by atomic mass is 10.2. The Morgan fingerprint density at radius 2 is 2.24 bits per heavy atom. The normalized spacial score (nSPS) is 10.7. The molecule has 0 aliphatic carbocycles. The number of nitrogens with zero attached hydrogens (tertiary/aromatic N) is 8. The molecule has 10 nitrogen and oxygen atoms in total. The molecule has 4 heterocycles. The first kappa shape index (κ1) is 14.9. The number of tetrazole rings is 1. The number of anilines is 1. The first-order valence-electron chi connectivity index (χ1n) is 7.08. The van der Waals surface area contributed by atoms with Crippen molar-refractivity contribution in [1.29, 1.82) is 5.26 Å². The van der Waals surface area contributed by atoms with E-state index in [2.05, 4.69) is 37.0 Å². The van der Waals surface area contributed by atoms with Crippen molar-refractivity contribution in [2.75, 3.05) is 5.32 Å². The zero-order valence-corrected chi connectivity index (χ0v) is 13.4. The van der Waals surface area contributed by atoms with Crippen molar-refractivity contribution in [2.45, 2.75) is 6.54 Å². The Hall–Kier alpha value is -3.65. The van der Waals surface area contributed by atoms with Crippen LogP contribution in [-0.4, -0.2) is 40.7 Å². The van der Waals surface area contributed by atoms with E-state index in [0.29, 0.717) is 10.5 Å². The maximum Gasteiger partial charge on any atom is 0.249 e. The fraction of sp³-hybridized carbons (Fsp3) is 0.0714. The van der Waals surface area contributed by atoms with Crippen molar-refractivity contribution in [1.82, 2.24) is 34.8 Å². The highest BCUT2D eigenvalue weighted by atomic mass is 32.1. The van der Waals surface area contributed by atoms with Crippen molar-refractivity contribution < 1.29 is 4.79 Å². The monoisotopic (exact) mass is 351 g/mol. The van der Waals surface area contributed by atoms with Gasteiger partial charge in [-0.3, -0.25) is 10.1 Å². The maximum atomic E-state index is 11.9. The molecule has 0 atom stereocenters. The van der Waals surface area contributed by atoms with Crippen LogP contribution in [0.1, 0.15) is 4.88 Å². The summed E-state index contributed by atoms with van der Waals surface area (Å²) in [6.45, 7) is -0.0278. The van der Waals surface area contributed by atoms with E-state index in [0.717, 1.165) is 10.4 Å². The zero-order valence-electron chi connectivity index (χ0n) is 12.6. The van der Waals surface area contributed by atoms with Crippen LogP contribution < -0.4 is 5.32 Å². The van der Waals surface area contributed by atoms with E-state index in [1.165, 1.54) is 22.3 Å². The summed E-state index contributed by atoms with van der Waals surface area (Å²) in [5, 5.41) is 26.3. The Labute approximate surface area is 144 Å². The molecule has 0 fully saturated rings. The molecule has 4 aromatic rings. The second-order valence-corrected chi connectivity index (χ2v) is 6.07. The molecular weight excluding hydrogens is 342 g/mol. The Morgan fingerprint density at radius 3 is 3.00 bits per heavy atom. The van der Waals surface area contributed by atoms with Crippen LogP contribution in [0.25, 0.3) is 16.1 Å². The number of carbonyl (C=O) groups is 1. The third-order valence-corrected chi connectivity index (χ3v) is 4.32. The molecule has 0 saturated heterocycles. The number of hydrogen-bond donors (Lipinski definition) is 1. The van der Waals surface area contributed by atoms with E-state index in [4.69, 9.17) is 5.26 Å². The number of amides is 1. The van der Waals surface area contributed by atoms with Crippen LogP contribution in [0, 0.1) is 11.3 Å². The van der Waals surface area contributed by atoms with Crippen molar-refractivity contribution in [3.63, 3.8) is 0 Å². The maximum absolute atomic E-state index is 11.9. The van der Waals surface area contributed by atoms with Crippen molar-refractivity contribution in [3.05, 3.63) is 41.7 Å². The fourth-order valence-corrected chi connectivity index (χ4v) is 2.99. The lowest BCUT2D eigenvalue weighted by Gasteiger charge is -1.99. The largest absolute Gasteiger partial charge is 0.292 e. The summed E-state index contributed by atoms with van der Waals surface area (Å²) >= 11 is 1.40. The minimum absolute atomic E-state index is 0.0278. The summed E-state index contributed by atoms with van der Waals surface area (Å²) in [5.74, 6) is -0.139. The highest BCUT2D eigenvalue weighted by Crippen LogP contribution is 2.27. The summed E-state index contributed by atoms with van der Waals surface area (Å²) in [5.41, 5.74) is 1.51. The van der Waals surface area contributed by atoms with Crippen LogP contribution in [0.15, 0.2) is 36.8 Å². The molecule has 0 spiro atoms. The van der Waals surface area contributed by atoms with E-state index in [-0.39, 0.29) is 18.4 Å². The number of thiophene rings is 1. The number of nitrogens with one attached hydrogen (secondary N) is 1. The fourth-order valence-electron chi connectivity index (χ4n) is 2.20. The molecule has 0 aliphatic heterocycles. The van der Waals surface area contributed by atoms with Crippen molar-refractivity contribution >= 4 is 28.8 Å². The molecular formula is C14H9N9OS. The number of pyridine rings is 1. The topological polar surface area (TPSA) is 127 Å². The molecule has 0 aliphatic rings. The van der Waals surface area contributed by atoms with Gasteiger partial charge >= 0.3 is 0 Å². The number of hydrogen-bond acceptors (Lipinski definition) is 8. The lowest BCUT2D eigenvalue weighted by molar-refractivity contribution is -0.117. The highest BCUT2D eigenvalue weighted by Gasteiger charge is 2.10. The number of aromatic nitrogens is 7. The molecule has 0 saturated carbocycles. The number of carbonyl (C=O) groups excluding carboxylic acids is 1. The van der Waals surface area contributed by atoms with Crippen LogP contribution >= 0.6 is 11.3 Å². The summed E-state index contributed by atoms with van der Waals surface area (Å²) in [4.78, 5) is 17.8. The number of nitriles is 1. The van der Waals surface area contributed by atoms with E-state index in [1.807, 2.05) is 12.1 Å². The standard InChI is InChI=1S/C14H9N9OS/c15-5-10-2-3-11(25-10)9-1-4-12-17-14(19-23(12)6-9)18-13(24)7-22-8-16-20-21-22/h1-4,6,8H,7H2,(H,18,19,24). The van der Waals surface area contributed by atoms with Gasteiger partial charge in [-0.05, 0) is 34.7 Å². The average Bonchev–Trinajstić information content (AvgIpc) is 3.34. The molecule has 0 unspecified atom stereocenters. The van der Waals surface area contributed by atoms with Crippen LogP contribution in [-0.2, 0) is 11.3 Å². The van der Waals surface area contributed by atoms with Crippen molar-refractivity contribution in [3.8, 4) is 16.5 Å². The van der Waals surface area contributed by atoms with Gasteiger partial charge in [-0.1, -0.05) is 0 Å². The van der Waals surface area contributed by atoms with E-state index in [1.54, 1.807) is 22.8 Å². The Morgan fingerprint density at radius 1 is 1.32 bits per heavy atom. The minimum atomic E-state index is -0.333. The van der Waals surface area contributed by atoms with Crippen molar-refractivity contribution in [2.24, 2.45) is 0 Å². The minimum Gasteiger partial charge on any atom is -0.292 e. The molecule has 25 heavy (non-hydrogen) atoms. The molecule has 1 N–H and O–H groups in total. The van der Waals surface area contributed by atoms with Gasteiger partial charge in [0.1, 0.15) is 23.8 Å². The molecule has 4 rings (SSSR count). The molecule has 0 radical (unpaired) electrons. The van der Waals surface area contributed by atoms with Gasteiger partial charge in [0.2, 0.25) is 11.9 Å². The smallest absolute Gasteiger partial charge is 0.249 e. The van der Waals surface area contributed by atoms with Gasteiger partial charge < -0.3 is 0 Å². The van der Waals surface area contributed by atoms with Crippen LogP contribution in [0.5, 0.6) is 0 Å². The molecule has 0 bridgehead atoms. The summed E-state index contributed by atoms with van der Waals surface area (Å²) in [6, 6.07) is 9.47. The summed E-state index contributed by atoms with van der Waals surface area (Å²) in [7, 11) is 0.